The molecule has 0 saturated heterocycles. The molecule has 0 aliphatic carbocycles. The van der Waals surface area contributed by atoms with E-state index in [0.717, 1.165) is 0 Å². The Bertz CT molecular complexity index is 620. The van der Waals surface area contributed by atoms with Crippen molar-refractivity contribution in [3.8, 4) is 0 Å². The predicted octanol–water partition coefficient (Wildman–Crippen LogP) is 1.54. The number of hydrogen-bond donors (Lipinski definition) is 2. The van der Waals surface area contributed by atoms with E-state index in [1.165, 1.54) is 22.7 Å². The normalized spacial score (nSPS) is 12.6. The molecule has 20 heavy (non-hydrogen) atoms. The van der Waals surface area contributed by atoms with E-state index in [9.17, 15) is 9.18 Å². The first-order valence-corrected chi connectivity index (χ1v) is 6.68. The first-order chi connectivity index (χ1) is 9.60. The fourth-order valence-corrected chi connectivity index (χ4v) is 2.08. The second-order valence-electron chi connectivity index (χ2n) is 4.60. The zero-order chi connectivity index (χ0) is 14.7. The Labute approximate surface area is 116 Å². The maximum Gasteiger partial charge on any atom is 0.270 e. The Hall–Kier alpha value is -1.95. The summed E-state index contributed by atoms with van der Waals surface area (Å²) in [5.74, 6) is -0.776. The molecule has 108 valence electrons. The molecule has 6 heteroatoms. The molecule has 2 heterocycles. The van der Waals surface area contributed by atoms with Crippen LogP contribution >= 0.6 is 0 Å². The number of hydrogen-bond acceptors (Lipinski definition) is 3. The number of aliphatic hydroxyl groups excluding tert-OH is 1. The molecule has 0 radical (unpaired) electrons. The van der Waals surface area contributed by atoms with Crippen LogP contribution in [-0.2, 0) is 6.42 Å². The number of carbonyl (C=O) groups is 1. The van der Waals surface area contributed by atoms with Gasteiger partial charge in [-0.05, 0) is 25.0 Å². The number of aliphatic hydroxyl groups is 1. The quantitative estimate of drug-likeness (QED) is 0.872. The third kappa shape index (κ3) is 2.65. The van der Waals surface area contributed by atoms with Gasteiger partial charge in [-0.3, -0.25) is 9.20 Å². The number of nitrogens with zero attached hydrogens (tertiary/aromatic N) is 2. The first-order valence-electron chi connectivity index (χ1n) is 6.68. The Balaban J connectivity index is 2.45. The van der Waals surface area contributed by atoms with Crippen LogP contribution in [0, 0.1) is 5.82 Å². The number of carbonyl (C=O) groups excluding carboxylic acids is 1. The van der Waals surface area contributed by atoms with Crippen molar-refractivity contribution in [1.82, 2.24) is 14.7 Å². The van der Waals surface area contributed by atoms with E-state index in [1.807, 2.05) is 13.8 Å². The first kappa shape index (κ1) is 14.5. The molecule has 2 N–H and O–H groups in total. The zero-order valence-corrected chi connectivity index (χ0v) is 11.6. The second kappa shape index (κ2) is 6.00. The summed E-state index contributed by atoms with van der Waals surface area (Å²) in [6.45, 7) is 3.63. The minimum atomic E-state index is -0.430. The van der Waals surface area contributed by atoms with E-state index in [0.29, 0.717) is 29.9 Å². The maximum atomic E-state index is 13.4. The average molecular weight is 279 g/mol. The molecular weight excluding hydrogens is 261 g/mol. The Morgan fingerprint density at radius 1 is 1.50 bits per heavy atom. The number of nitrogens with one attached hydrogen (secondary N) is 1. The molecule has 0 aliphatic rings. The third-order valence-electron chi connectivity index (χ3n) is 3.25. The molecule has 2 rings (SSSR count). The molecule has 5 nitrogen and oxygen atoms in total. The number of aryl methyl sites for hydroxylation is 1. The maximum absolute atomic E-state index is 13.4. The number of aromatic nitrogens is 2. The van der Waals surface area contributed by atoms with Crippen LogP contribution in [0.3, 0.4) is 0 Å². The van der Waals surface area contributed by atoms with Gasteiger partial charge < -0.3 is 10.4 Å². The van der Waals surface area contributed by atoms with Crippen LogP contribution < -0.4 is 5.32 Å². The van der Waals surface area contributed by atoms with Crippen molar-refractivity contribution >= 4 is 11.6 Å². The number of imidazole rings is 1. The zero-order valence-electron chi connectivity index (χ0n) is 11.6. The van der Waals surface area contributed by atoms with Gasteiger partial charge in [0.15, 0.2) is 0 Å². The van der Waals surface area contributed by atoms with Gasteiger partial charge in [0.1, 0.15) is 17.2 Å². The van der Waals surface area contributed by atoms with Crippen molar-refractivity contribution < 1.29 is 14.3 Å². The second-order valence-corrected chi connectivity index (χ2v) is 4.60. The SMILES string of the molecule is CCc1nc2ccc(F)cn2c1C(=O)NC(CC)CO. The van der Waals surface area contributed by atoms with E-state index in [2.05, 4.69) is 10.3 Å². The fraction of sp³-hybridized carbons (Fsp3) is 0.429. The van der Waals surface area contributed by atoms with Gasteiger partial charge in [0.2, 0.25) is 0 Å². The molecule has 1 atom stereocenters. The van der Waals surface area contributed by atoms with Crippen molar-refractivity contribution in [1.29, 1.82) is 0 Å². The van der Waals surface area contributed by atoms with Crippen LogP contribution in [-0.4, -0.2) is 33.0 Å². The summed E-state index contributed by atoms with van der Waals surface area (Å²) in [5.41, 5.74) is 1.47. The smallest absolute Gasteiger partial charge is 0.270 e. The Morgan fingerprint density at radius 3 is 2.85 bits per heavy atom. The summed E-state index contributed by atoms with van der Waals surface area (Å²) in [7, 11) is 0. The lowest BCUT2D eigenvalue weighted by Gasteiger charge is -2.14. The largest absolute Gasteiger partial charge is 0.394 e. The summed E-state index contributed by atoms with van der Waals surface area (Å²) in [4.78, 5) is 16.7. The van der Waals surface area contributed by atoms with Gasteiger partial charge in [0.05, 0.1) is 18.3 Å². The molecule has 0 aromatic carbocycles. The van der Waals surface area contributed by atoms with Gasteiger partial charge in [-0.2, -0.15) is 0 Å². The number of amides is 1. The van der Waals surface area contributed by atoms with Gasteiger partial charge >= 0.3 is 0 Å². The summed E-state index contributed by atoms with van der Waals surface area (Å²) in [5, 5.41) is 11.9. The fourth-order valence-electron chi connectivity index (χ4n) is 2.08. The summed E-state index contributed by atoms with van der Waals surface area (Å²) < 4.78 is 14.8. The Morgan fingerprint density at radius 2 is 2.25 bits per heavy atom. The van der Waals surface area contributed by atoms with Gasteiger partial charge in [-0.1, -0.05) is 13.8 Å². The van der Waals surface area contributed by atoms with Crippen LogP contribution in [0.4, 0.5) is 4.39 Å². The van der Waals surface area contributed by atoms with Crippen molar-refractivity contribution in [3.05, 3.63) is 35.5 Å². The molecule has 0 fully saturated rings. The summed E-state index contributed by atoms with van der Waals surface area (Å²) in [6, 6.07) is 2.53. The molecule has 1 unspecified atom stereocenters. The van der Waals surface area contributed by atoms with Crippen molar-refractivity contribution in [2.24, 2.45) is 0 Å². The lowest BCUT2D eigenvalue weighted by molar-refractivity contribution is 0.0908. The minimum absolute atomic E-state index is 0.130. The van der Waals surface area contributed by atoms with Crippen LogP contribution in [0.15, 0.2) is 18.3 Å². The molecule has 2 aromatic heterocycles. The van der Waals surface area contributed by atoms with Gasteiger partial charge in [0.25, 0.3) is 5.91 Å². The monoisotopic (exact) mass is 279 g/mol. The van der Waals surface area contributed by atoms with Crippen LogP contribution in [0.25, 0.3) is 5.65 Å². The minimum Gasteiger partial charge on any atom is -0.394 e. The molecular formula is C14H18FN3O2. The van der Waals surface area contributed by atoms with E-state index in [-0.39, 0.29) is 18.6 Å². The third-order valence-corrected chi connectivity index (χ3v) is 3.25. The molecule has 0 saturated carbocycles. The Kier molecular flexibility index (Phi) is 4.34. The standard InChI is InChI=1S/C14H18FN3O2/c1-3-10(8-19)16-14(20)13-11(4-2)17-12-6-5-9(15)7-18(12)13/h5-7,10,19H,3-4,8H2,1-2H3,(H,16,20). The lowest BCUT2D eigenvalue weighted by atomic mass is 10.2. The summed E-state index contributed by atoms with van der Waals surface area (Å²) in [6.07, 6.45) is 2.44. The number of halogens is 1. The highest BCUT2D eigenvalue weighted by Crippen LogP contribution is 2.15. The highest BCUT2D eigenvalue weighted by molar-refractivity contribution is 5.95. The number of rotatable bonds is 5. The summed E-state index contributed by atoms with van der Waals surface area (Å²) >= 11 is 0. The van der Waals surface area contributed by atoms with Crippen molar-refractivity contribution in [2.45, 2.75) is 32.7 Å². The highest BCUT2D eigenvalue weighted by Gasteiger charge is 2.20. The molecule has 1 amide bonds. The topological polar surface area (TPSA) is 66.6 Å². The van der Waals surface area contributed by atoms with E-state index < -0.39 is 5.82 Å². The highest BCUT2D eigenvalue weighted by atomic mass is 19.1. The van der Waals surface area contributed by atoms with Gasteiger partial charge in [0, 0.05) is 6.20 Å². The predicted molar refractivity (Wildman–Crippen MR) is 73.2 cm³/mol. The van der Waals surface area contributed by atoms with Crippen LogP contribution in [0.5, 0.6) is 0 Å². The van der Waals surface area contributed by atoms with Crippen LogP contribution in [0.2, 0.25) is 0 Å². The lowest BCUT2D eigenvalue weighted by Crippen LogP contribution is -2.37. The van der Waals surface area contributed by atoms with E-state index >= 15 is 0 Å². The van der Waals surface area contributed by atoms with Crippen molar-refractivity contribution in [3.63, 3.8) is 0 Å². The molecule has 0 bridgehead atoms. The van der Waals surface area contributed by atoms with Crippen molar-refractivity contribution in [2.75, 3.05) is 6.61 Å². The van der Waals surface area contributed by atoms with E-state index in [4.69, 9.17) is 5.11 Å². The van der Waals surface area contributed by atoms with Gasteiger partial charge in [-0.25, -0.2) is 9.37 Å². The number of pyridine rings is 1. The molecule has 0 aliphatic heterocycles. The van der Waals surface area contributed by atoms with E-state index in [1.54, 1.807) is 0 Å². The number of fused-ring (bicyclic) bond motifs is 1. The molecule has 0 spiro atoms. The average Bonchev–Trinajstić information content (AvgIpc) is 2.82. The van der Waals surface area contributed by atoms with Crippen LogP contribution in [0.1, 0.15) is 36.5 Å². The molecule has 2 aromatic rings. The van der Waals surface area contributed by atoms with Gasteiger partial charge in [-0.15, -0.1) is 0 Å².